The van der Waals surface area contributed by atoms with Crippen LogP contribution < -0.4 is 16.0 Å². The van der Waals surface area contributed by atoms with Gasteiger partial charge < -0.3 is 30.2 Å². The van der Waals surface area contributed by atoms with E-state index in [9.17, 15) is 4.79 Å². The minimum atomic E-state index is -0.552. The molecule has 2 atom stereocenters. The van der Waals surface area contributed by atoms with Crippen LogP contribution in [0.1, 0.15) is 45.2 Å². The van der Waals surface area contributed by atoms with Gasteiger partial charge in [0.15, 0.2) is 5.96 Å². The summed E-state index contributed by atoms with van der Waals surface area (Å²) in [5.74, 6) is 1.21. The number of hydrogen-bond acceptors (Lipinski definition) is 5. The normalized spacial score (nSPS) is 17.2. The van der Waals surface area contributed by atoms with Gasteiger partial charge in [0, 0.05) is 39.3 Å². The summed E-state index contributed by atoms with van der Waals surface area (Å²) in [6.45, 7) is 9.89. The fraction of sp³-hybridized carbons (Fsp3) is 0.652. The molecule has 3 N–H and O–H groups in total. The van der Waals surface area contributed by atoms with Crippen LogP contribution in [0.25, 0.3) is 0 Å². The van der Waals surface area contributed by atoms with E-state index in [-0.39, 0.29) is 30.0 Å². The predicted octanol–water partition coefficient (Wildman–Crippen LogP) is 3.48. The van der Waals surface area contributed by atoms with Gasteiger partial charge in [-0.2, -0.15) is 0 Å². The van der Waals surface area contributed by atoms with E-state index in [1.54, 1.807) is 7.05 Å². The van der Waals surface area contributed by atoms with Gasteiger partial charge in [-0.3, -0.25) is 4.99 Å². The molecule has 1 heterocycles. The zero-order chi connectivity index (χ0) is 22.5. The Kier molecular flexibility index (Phi) is 13.6. The summed E-state index contributed by atoms with van der Waals surface area (Å²) in [6, 6.07) is 9.54. The van der Waals surface area contributed by atoms with E-state index in [1.165, 1.54) is 0 Å². The Bertz CT molecular complexity index is 676. The van der Waals surface area contributed by atoms with Gasteiger partial charge in [-0.1, -0.05) is 30.3 Å². The number of rotatable bonds is 10. The van der Waals surface area contributed by atoms with Crippen molar-refractivity contribution in [3.63, 3.8) is 0 Å². The molecule has 2 unspecified atom stereocenters. The lowest BCUT2D eigenvalue weighted by Gasteiger charge is -2.24. The molecule has 1 saturated heterocycles. The SMILES string of the molecule is CN=C(NCCCOCC1CCOC1)NCC(NC(=O)OC(C)(C)C)c1ccccc1.I. The van der Waals surface area contributed by atoms with E-state index in [0.717, 1.165) is 44.8 Å². The van der Waals surface area contributed by atoms with Crippen LogP contribution in [0, 0.1) is 5.92 Å². The number of aliphatic imine (C=N–C) groups is 1. The fourth-order valence-corrected chi connectivity index (χ4v) is 3.15. The maximum Gasteiger partial charge on any atom is 0.408 e. The molecule has 182 valence electrons. The number of amides is 1. The maximum absolute atomic E-state index is 12.3. The van der Waals surface area contributed by atoms with Crippen molar-refractivity contribution in [3.05, 3.63) is 35.9 Å². The van der Waals surface area contributed by atoms with Gasteiger partial charge in [-0.05, 0) is 39.2 Å². The Hall–Kier alpha value is -1.59. The highest BCUT2D eigenvalue weighted by atomic mass is 127. The molecule has 2 rings (SSSR count). The smallest absolute Gasteiger partial charge is 0.408 e. The molecule has 0 aliphatic carbocycles. The van der Waals surface area contributed by atoms with Gasteiger partial charge in [0.2, 0.25) is 0 Å². The summed E-state index contributed by atoms with van der Waals surface area (Å²) in [6.07, 6.45) is 1.53. The second-order valence-corrected chi connectivity index (χ2v) is 8.65. The zero-order valence-corrected chi connectivity index (χ0v) is 22.0. The minimum absolute atomic E-state index is 0. The Morgan fingerprint density at radius 2 is 2.00 bits per heavy atom. The molecule has 1 aliphatic rings. The van der Waals surface area contributed by atoms with Crippen LogP contribution in [0.4, 0.5) is 4.79 Å². The van der Waals surface area contributed by atoms with Crippen LogP contribution >= 0.6 is 24.0 Å². The van der Waals surface area contributed by atoms with Crippen LogP contribution in [0.2, 0.25) is 0 Å². The average Bonchev–Trinajstić information content (AvgIpc) is 3.24. The molecule has 9 heteroatoms. The van der Waals surface area contributed by atoms with Gasteiger partial charge >= 0.3 is 6.09 Å². The Morgan fingerprint density at radius 3 is 2.62 bits per heavy atom. The third-order valence-corrected chi connectivity index (χ3v) is 4.73. The van der Waals surface area contributed by atoms with E-state index >= 15 is 0 Å². The molecule has 1 aliphatic heterocycles. The molecule has 0 aromatic heterocycles. The largest absolute Gasteiger partial charge is 0.444 e. The molecule has 0 spiro atoms. The monoisotopic (exact) mass is 562 g/mol. The summed E-state index contributed by atoms with van der Waals surface area (Å²) < 4.78 is 16.5. The van der Waals surface area contributed by atoms with Crippen molar-refractivity contribution in [2.45, 2.75) is 45.3 Å². The standard InChI is InChI=1S/C23H38N4O4.HI/c1-23(2,3)31-22(28)27-20(19-9-6-5-7-10-19)15-26-21(24-4)25-12-8-13-29-16-18-11-14-30-17-18;/h5-7,9-10,18,20H,8,11-17H2,1-4H3,(H,27,28)(H2,24,25,26);1H. The van der Waals surface area contributed by atoms with Crippen molar-refractivity contribution in [3.8, 4) is 0 Å². The van der Waals surface area contributed by atoms with Crippen molar-refractivity contribution >= 4 is 36.0 Å². The highest BCUT2D eigenvalue weighted by molar-refractivity contribution is 14.0. The number of guanidine groups is 1. The first-order chi connectivity index (χ1) is 14.9. The van der Waals surface area contributed by atoms with Crippen LogP contribution in [0.15, 0.2) is 35.3 Å². The molecule has 0 radical (unpaired) electrons. The molecule has 1 amide bonds. The first-order valence-corrected chi connectivity index (χ1v) is 11.0. The third-order valence-electron chi connectivity index (χ3n) is 4.73. The summed E-state index contributed by atoms with van der Waals surface area (Å²) in [7, 11) is 1.73. The molecule has 1 aromatic rings. The van der Waals surface area contributed by atoms with Crippen molar-refractivity contribution in [1.29, 1.82) is 0 Å². The Labute approximate surface area is 209 Å². The van der Waals surface area contributed by atoms with Gasteiger partial charge in [-0.25, -0.2) is 4.79 Å². The first-order valence-electron chi connectivity index (χ1n) is 11.0. The molecule has 8 nitrogen and oxygen atoms in total. The second-order valence-electron chi connectivity index (χ2n) is 8.65. The van der Waals surface area contributed by atoms with Gasteiger partial charge in [0.05, 0.1) is 19.3 Å². The molecule has 0 bridgehead atoms. The number of nitrogens with zero attached hydrogens (tertiary/aromatic N) is 1. The van der Waals surface area contributed by atoms with Crippen LogP contribution in [0.5, 0.6) is 0 Å². The Morgan fingerprint density at radius 1 is 1.25 bits per heavy atom. The lowest BCUT2D eigenvalue weighted by atomic mass is 10.1. The zero-order valence-electron chi connectivity index (χ0n) is 19.7. The summed E-state index contributed by atoms with van der Waals surface area (Å²) in [5.41, 5.74) is 0.434. The topological polar surface area (TPSA) is 93.2 Å². The lowest BCUT2D eigenvalue weighted by molar-refractivity contribution is 0.0504. The minimum Gasteiger partial charge on any atom is -0.444 e. The molecular weight excluding hydrogens is 523 g/mol. The van der Waals surface area contributed by atoms with Crippen LogP contribution in [0.3, 0.4) is 0 Å². The van der Waals surface area contributed by atoms with E-state index in [4.69, 9.17) is 14.2 Å². The summed E-state index contributed by atoms with van der Waals surface area (Å²) in [5, 5.41) is 9.51. The maximum atomic E-state index is 12.3. The van der Waals surface area contributed by atoms with Crippen LogP contribution in [-0.4, -0.2) is 64.2 Å². The van der Waals surface area contributed by atoms with Crippen LogP contribution in [-0.2, 0) is 14.2 Å². The highest BCUT2D eigenvalue weighted by Crippen LogP contribution is 2.14. The predicted molar refractivity (Wildman–Crippen MR) is 138 cm³/mol. The van der Waals surface area contributed by atoms with E-state index < -0.39 is 11.7 Å². The number of carbonyl (C=O) groups excluding carboxylic acids is 1. The third kappa shape index (κ3) is 11.9. The van der Waals surface area contributed by atoms with E-state index in [2.05, 4.69) is 20.9 Å². The van der Waals surface area contributed by atoms with Crippen molar-refractivity contribution < 1.29 is 19.0 Å². The van der Waals surface area contributed by atoms with Gasteiger partial charge in [-0.15, -0.1) is 24.0 Å². The van der Waals surface area contributed by atoms with E-state index in [1.807, 2.05) is 51.1 Å². The number of ether oxygens (including phenoxy) is 3. The fourth-order valence-electron chi connectivity index (χ4n) is 3.15. The molecule has 1 aromatic carbocycles. The van der Waals surface area contributed by atoms with Crippen molar-refractivity contribution in [2.24, 2.45) is 10.9 Å². The van der Waals surface area contributed by atoms with Crippen molar-refractivity contribution in [1.82, 2.24) is 16.0 Å². The molecular formula is C23H39IN4O4. The molecule has 32 heavy (non-hydrogen) atoms. The number of nitrogens with one attached hydrogen (secondary N) is 3. The average molecular weight is 562 g/mol. The number of alkyl carbamates (subject to hydrolysis) is 1. The molecule has 0 saturated carbocycles. The number of hydrogen-bond donors (Lipinski definition) is 3. The van der Waals surface area contributed by atoms with Gasteiger partial charge in [0.1, 0.15) is 5.60 Å². The number of carbonyl (C=O) groups is 1. The number of halogens is 1. The second kappa shape index (κ2) is 15.3. The Balaban J connectivity index is 0.00000512. The van der Waals surface area contributed by atoms with Gasteiger partial charge in [0.25, 0.3) is 0 Å². The summed E-state index contributed by atoms with van der Waals surface area (Å²) >= 11 is 0. The summed E-state index contributed by atoms with van der Waals surface area (Å²) in [4.78, 5) is 16.6. The van der Waals surface area contributed by atoms with E-state index in [0.29, 0.717) is 25.0 Å². The van der Waals surface area contributed by atoms with Crippen molar-refractivity contribution in [2.75, 3.05) is 46.6 Å². The number of benzene rings is 1. The quantitative estimate of drug-likeness (QED) is 0.175. The highest BCUT2D eigenvalue weighted by Gasteiger charge is 2.21. The first kappa shape index (κ1) is 28.4. The lowest BCUT2D eigenvalue weighted by Crippen LogP contribution is -2.44. The molecule has 1 fully saturated rings.